The summed E-state index contributed by atoms with van der Waals surface area (Å²) in [4.78, 5) is 24.1. The lowest BCUT2D eigenvalue weighted by Gasteiger charge is -2.35. The van der Waals surface area contributed by atoms with Crippen molar-refractivity contribution in [3.05, 3.63) is 35.9 Å². The van der Waals surface area contributed by atoms with Crippen LogP contribution in [0, 0.1) is 5.41 Å². The average molecular weight is 333 g/mol. The maximum Gasteiger partial charge on any atom is 0.408 e. The van der Waals surface area contributed by atoms with Crippen LogP contribution in [0.4, 0.5) is 4.79 Å². The van der Waals surface area contributed by atoms with Crippen LogP contribution in [0.1, 0.15) is 51.0 Å². The number of alkyl carbamates (subject to hydrolysis) is 1. The molecule has 132 valence electrons. The van der Waals surface area contributed by atoms with Gasteiger partial charge in [-0.05, 0) is 30.2 Å². The van der Waals surface area contributed by atoms with Crippen molar-refractivity contribution in [2.24, 2.45) is 5.41 Å². The van der Waals surface area contributed by atoms with Crippen molar-refractivity contribution in [3.8, 4) is 0 Å². The van der Waals surface area contributed by atoms with Gasteiger partial charge in [0.1, 0.15) is 12.6 Å². The topological polar surface area (TPSA) is 64.6 Å². The van der Waals surface area contributed by atoms with Crippen LogP contribution in [0.25, 0.3) is 0 Å². The molecule has 5 heteroatoms. The monoisotopic (exact) mass is 333 g/mol. The summed E-state index contributed by atoms with van der Waals surface area (Å²) in [5, 5.41) is 2.67. The number of benzene rings is 1. The van der Waals surface area contributed by atoms with Gasteiger partial charge in [-0.25, -0.2) is 9.59 Å². The zero-order chi connectivity index (χ0) is 17.4. The zero-order valence-electron chi connectivity index (χ0n) is 14.5. The van der Waals surface area contributed by atoms with Gasteiger partial charge in [-0.2, -0.15) is 0 Å². The predicted octanol–water partition coefficient (Wildman–Crippen LogP) is 3.81. The minimum absolute atomic E-state index is 0.0593. The Morgan fingerprint density at radius 1 is 1.17 bits per heavy atom. The average Bonchev–Trinajstić information content (AvgIpc) is 2.60. The van der Waals surface area contributed by atoms with Crippen LogP contribution in [0.2, 0.25) is 0 Å². The number of esters is 1. The summed E-state index contributed by atoms with van der Waals surface area (Å²) >= 11 is 0. The minimum Gasteiger partial charge on any atom is -0.467 e. The third kappa shape index (κ3) is 5.55. The molecule has 1 fully saturated rings. The lowest BCUT2D eigenvalue weighted by atomic mass is 9.72. The largest absolute Gasteiger partial charge is 0.467 e. The third-order valence-electron chi connectivity index (χ3n) is 4.75. The van der Waals surface area contributed by atoms with E-state index in [1.807, 2.05) is 30.3 Å². The molecule has 5 nitrogen and oxygen atoms in total. The van der Waals surface area contributed by atoms with Gasteiger partial charge in [-0.3, -0.25) is 0 Å². The van der Waals surface area contributed by atoms with Crippen LogP contribution in [-0.4, -0.2) is 25.2 Å². The molecule has 1 aromatic rings. The molecule has 0 spiro atoms. The molecule has 1 amide bonds. The first-order valence-corrected chi connectivity index (χ1v) is 8.57. The van der Waals surface area contributed by atoms with Crippen molar-refractivity contribution in [1.29, 1.82) is 0 Å². The maximum atomic E-state index is 12.1. The molecule has 1 aliphatic rings. The van der Waals surface area contributed by atoms with Gasteiger partial charge >= 0.3 is 12.1 Å². The Kier molecular flexibility index (Phi) is 6.64. The van der Waals surface area contributed by atoms with E-state index in [0.29, 0.717) is 6.42 Å². The number of hydrogen-bond donors (Lipinski definition) is 1. The van der Waals surface area contributed by atoms with Crippen molar-refractivity contribution < 1.29 is 19.1 Å². The molecule has 0 aromatic heterocycles. The van der Waals surface area contributed by atoms with Crippen molar-refractivity contribution >= 4 is 12.1 Å². The Morgan fingerprint density at radius 3 is 2.46 bits per heavy atom. The van der Waals surface area contributed by atoms with Gasteiger partial charge in [0.05, 0.1) is 7.11 Å². The van der Waals surface area contributed by atoms with Crippen molar-refractivity contribution in [2.75, 3.05) is 7.11 Å². The molecule has 1 saturated carbocycles. The number of rotatable bonds is 6. The molecule has 24 heavy (non-hydrogen) atoms. The van der Waals surface area contributed by atoms with Crippen LogP contribution in [0.15, 0.2) is 30.3 Å². The van der Waals surface area contributed by atoms with E-state index >= 15 is 0 Å². The van der Waals surface area contributed by atoms with Crippen molar-refractivity contribution in [1.82, 2.24) is 5.32 Å². The fourth-order valence-corrected chi connectivity index (χ4v) is 3.34. The van der Waals surface area contributed by atoms with E-state index in [1.165, 1.54) is 26.4 Å². The Bertz CT molecular complexity index is 538. The van der Waals surface area contributed by atoms with E-state index in [4.69, 9.17) is 9.47 Å². The highest BCUT2D eigenvalue weighted by molar-refractivity contribution is 5.81. The smallest absolute Gasteiger partial charge is 0.408 e. The lowest BCUT2D eigenvalue weighted by molar-refractivity contribution is -0.144. The van der Waals surface area contributed by atoms with Crippen LogP contribution in [0.5, 0.6) is 0 Å². The van der Waals surface area contributed by atoms with Crippen LogP contribution >= 0.6 is 0 Å². The standard InChI is InChI=1S/C19H27NO4/c1-19(11-7-4-8-12-19)13-16(17(21)23-2)20-18(22)24-14-15-9-5-3-6-10-15/h3,5-6,9-10,16H,4,7-8,11-14H2,1-2H3,(H,20,22)/t16-/m0/s1. The number of ether oxygens (including phenoxy) is 2. The van der Waals surface area contributed by atoms with E-state index in [-0.39, 0.29) is 12.0 Å². The van der Waals surface area contributed by atoms with Crippen molar-refractivity contribution in [3.63, 3.8) is 0 Å². The van der Waals surface area contributed by atoms with E-state index < -0.39 is 18.1 Å². The highest BCUT2D eigenvalue weighted by Crippen LogP contribution is 2.39. The quantitative estimate of drug-likeness (QED) is 0.804. The van der Waals surface area contributed by atoms with E-state index in [1.54, 1.807) is 0 Å². The molecule has 1 atom stereocenters. The molecule has 0 unspecified atom stereocenters. The first-order chi connectivity index (χ1) is 11.5. The van der Waals surface area contributed by atoms with Crippen LogP contribution in [-0.2, 0) is 20.9 Å². The van der Waals surface area contributed by atoms with Gasteiger partial charge in [0.25, 0.3) is 0 Å². The molecule has 1 aromatic carbocycles. The summed E-state index contributed by atoms with van der Waals surface area (Å²) in [5.74, 6) is -0.418. The summed E-state index contributed by atoms with van der Waals surface area (Å²) in [6, 6.07) is 8.78. The molecule has 1 aliphatic carbocycles. The van der Waals surface area contributed by atoms with Gasteiger partial charge < -0.3 is 14.8 Å². The zero-order valence-corrected chi connectivity index (χ0v) is 14.5. The first kappa shape index (κ1) is 18.3. The number of carbonyl (C=O) groups is 2. The van der Waals surface area contributed by atoms with Gasteiger partial charge in [-0.15, -0.1) is 0 Å². The lowest BCUT2D eigenvalue weighted by Crippen LogP contribution is -2.45. The van der Waals surface area contributed by atoms with Gasteiger partial charge in [0.15, 0.2) is 0 Å². The second-order valence-corrected chi connectivity index (χ2v) is 6.86. The fourth-order valence-electron chi connectivity index (χ4n) is 3.34. The summed E-state index contributed by atoms with van der Waals surface area (Å²) in [7, 11) is 1.34. The molecule has 0 heterocycles. The second kappa shape index (κ2) is 8.71. The minimum atomic E-state index is -0.665. The Balaban J connectivity index is 1.90. The summed E-state index contributed by atoms with van der Waals surface area (Å²) in [5.41, 5.74) is 0.964. The molecule has 0 aliphatic heterocycles. The first-order valence-electron chi connectivity index (χ1n) is 8.57. The predicted molar refractivity (Wildman–Crippen MR) is 91.4 cm³/mol. The fraction of sp³-hybridized carbons (Fsp3) is 0.579. The van der Waals surface area contributed by atoms with E-state index in [2.05, 4.69) is 12.2 Å². The Morgan fingerprint density at radius 2 is 1.83 bits per heavy atom. The molecule has 2 rings (SSSR count). The van der Waals surface area contributed by atoms with Gasteiger partial charge in [-0.1, -0.05) is 56.5 Å². The summed E-state index contributed by atoms with van der Waals surface area (Å²) in [6.07, 6.45) is 5.72. The number of amides is 1. The van der Waals surface area contributed by atoms with Crippen LogP contribution < -0.4 is 5.32 Å². The van der Waals surface area contributed by atoms with Gasteiger partial charge in [0.2, 0.25) is 0 Å². The molecule has 1 N–H and O–H groups in total. The normalized spacial score (nSPS) is 17.6. The van der Waals surface area contributed by atoms with Crippen molar-refractivity contribution in [2.45, 2.75) is 58.1 Å². The third-order valence-corrected chi connectivity index (χ3v) is 4.75. The summed E-state index contributed by atoms with van der Waals surface area (Å²) < 4.78 is 10.1. The molecule has 0 radical (unpaired) electrons. The second-order valence-electron chi connectivity index (χ2n) is 6.86. The summed E-state index contributed by atoms with van der Waals surface area (Å²) in [6.45, 7) is 2.36. The molecule has 0 bridgehead atoms. The number of carbonyl (C=O) groups excluding carboxylic acids is 2. The molecular weight excluding hydrogens is 306 g/mol. The van der Waals surface area contributed by atoms with E-state index in [9.17, 15) is 9.59 Å². The van der Waals surface area contributed by atoms with E-state index in [0.717, 1.165) is 18.4 Å². The highest BCUT2D eigenvalue weighted by atomic mass is 16.6. The highest BCUT2D eigenvalue weighted by Gasteiger charge is 2.34. The molecule has 0 saturated heterocycles. The maximum absolute atomic E-state index is 12.1. The van der Waals surface area contributed by atoms with Crippen LogP contribution in [0.3, 0.4) is 0 Å². The number of methoxy groups -OCH3 is 1. The number of hydrogen-bond acceptors (Lipinski definition) is 4. The SMILES string of the molecule is COC(=O)[C@H](CC1(C)CCCCC1)NC(=O)OCc1ccccc1. The Labute approximate surface area is 143 Å². The Hall–Kier alpha value is -2.04. The van der Waals surface area contributed by atoms with Gasteiger partial charge in [0, 0.05) is 0 Å². The molecular formula is C19H27NO4. The number of nitrogens with one attached hydrogen (secondary N) is 1.